The first-order chi connectivity index (χ1) is 9.74. The van der Waals surface area contributed by atoms with Gasteiger partial charge in [-0.15, -0.1) is 0 Å². The van der Waals surface area contributed by atoms with Crippen LogP contribution in [-0.4, -0.2) is 21.0 Å². The summed E-state index contributed by atoms with van der Waals surface area (Å²) in [5, 5.41) is 12.2. The Balaban J connectivity index is 1.81. The Hall–Kier alpha value is -2.82. The van der Waals surface area contributed by atoms with Gasteiger partial charge in [0.25, 0.3) is 0 Å². The van der Waals surface area contributed by atoms with Gasteiger partial charge in [0.2, 0.25) is 0 Å². The average molecular weight is 267 g/mol. The second kappa shape index (κ2) is 5.05. The first kappa shape index (κ1) is 12.2. The van der Waals surface area contributed by atoms with Gasteiger partial charge in [0, 0.05) is 5.69 Å². The normalized spacial score (nSPS) is 10.6. The van der Waals surface area contributed by atoms with E-state index in [0.29, 0.717) is 12.2 Å². The Labute approximate surface area is 115 Å². The maximum Gasteiger partial charge on any atom is 0.337 e. The molecule has 100 valence electrons. The summed E-state index contributed by atoms with van der Waals surface area (Å²) in [6, 6.07) is 14.6. The number of nitrogens with zero attached hydrogens (tertiary/aromatic N) is 1. The number of carbonyl (C=O) groups is 1. The van der Waals surface area contributed by atoms with E-state index in [4.69, 9.17) is 5.11 Å². The summed E-state index contributed by atoms with van der Waals surface area (Å²) in [6.45, 7) is 0.443. The molecule has 5 heteroatoms. The molecule has 0 aliphatic carbocycles. The molecule has 0 atom stereocenters. The molecule has 1 aromatic heterocycles. The number of nitrogens with one attached hydrogen (secondary N) is 2. The summed E-state index contributed by atoms with van der Waals surface area (Å²) in [7, 11) is 0. The van der Waals surface area contributed by atoms with Crippen molar-refractivity contribution in [3.05, 3.63) is 59.9 Å². The summed E-state index contributed by atoms with van der Waals surface area (Å²) in [5.41, 5.74) is 2.70. The minimum absolute atomic E-state index is 0.253. The van der Waals surface area contributed by atoms with Crippen molar-refractivity contribution in [1.82, 2.24) is 9.97 Å². The van der Waals surface area contributed by atoms with E-state index in [2.05, 4.69) is 15.3 Å². The van der Waals surface area contributed by atoms with Gasteiger partial charge in [-0.3, -0.25) is 0 Å². The number of anilines is 1. The summed E-state index contributed by atoms with van der Waals surface area (Å²) < 4.78 is 0. The Bertz CT molecular complexity index is 731. The number of H-pyrrole nitrogens is 1. The zero-order valence-corrected chi connectivity index (χ0v) is 10.6. The Morgan fingerprint density at radius 2 is 1.90 bits per heavy atom. The van der Waals surface area contributed by atoms with Crippen molar-refractivity contribution in [3.63, 3.8) is 0 Å². The zero-order chi connectivity index (χ0) is 13.9. The topological polar surface area (TPSA) is 78.0 Å². The third kappa shape index (κ3) is 2.33. The molecule has 0 saturated heterocycles. The van der Waals surface area contributed by atoms with Crippen LogP contribution in [0.3, 0.4) is 0 Å². The molecule has 3 aromatic rings. The molecule has 0 saturated carbocycles. The number of hydrogen-bond donors (Lipinski definition) is 3. The molecular formula is C15H13N3O2. The zero-order valence-electron chi connectivity index (χ0n) is 10.6. The molecule has 0 aliphatic rings. The number of aromatic carboxylic acids is 1. The lowest BCUT2D eigenvalue weighted by molar-refractivity contribution is 0.0698. The summed E-state index contributed by atoms with van der Waals surface area (Å²) in [6.07, 6.45) is 0. The van der Waals surface area contributed by atoms with Crippen LogP contribution in [0.5, 0.6) is 0 Å². The fourth-order valence-electron chi connectivity index (χ4n) is 2.09. The molecule has 0 bridgehead atoms. The van der Waals surface area contributed by atoms with E-state index in [-0.39, 0.29) is 5.56 Å². The fraction of sp³-hybridized carbons (Fsp3) is 0.0667. The van der Waals surface area contributed by atoms with Gasteiger partial charge in [0.15, 0.2) is 0 Å². The second-order valence-corrected chi connectivity index (χ2v) is 4.40. The number of para-hydroxylation sites is 3. The minimum Gasteiger partial charge on any atom is -0.478 e. The first-order valence-electron chi connectivity index (χ1n) is 6.24. The Kier molecular flexibility index (Phi) is 3.09. The molecule has 1 heterocycles. The standard InChI is InChI=1S/C15H13N3O2/c19-15(20)10-5-1-2-6-11(10)16-9-14-17-12-7-3-4-8-13(12)18-14/h1-8,16H,9H2,(H,17,18)(H,19,20). The second-order valence-electron chi connectivity index (χ2n) is 4.40. The number of aromatic amines is 1. The predicted molar refractivity (Wildman–Crippen MR) is 76.8 cm³/mol. The largest absolute Gasteiger partial charge is 0.478 e. The highest BCUT2D eigenvalue weighted by atomic mass is 16.4. The number of imidazole rings is 1. The van der Waals surface area contributed by atoms with Crippen molar-refractivity contribution in [3.8, 4) is 0 Å². The number of carboxylic acids is 1. The van der Waals surface area contributed by atoms with Gasteiger partial charge in [0.1, 0.15) is 5.82 Å². The monoisotopic (exact) mass is 267 g/mol. The highest BCUT2D eigenvalue weighted by Gasteiger charge is 2.09. The number of aromatic nitrogens is 2. The van der Waals surface area contributed by atoms with Crippen molar-refractivity contribution in [2.75, 3.05) is 5.32 Å². The van der Waals surface area contributed by atoms with Crippen LogP contribution in [0.1, 0.15) is 16.2 Å². The van der Waals surface area contributed by atoms with Crippen LogP contribution >= 0.6 is 0 Å². The smallest absolute Gasteiger partial charge is 0.337 e. The molecule has 5 nitrogen and oxygen atoms in total. The van der Waals surface area contributed by atoms with E-state index in [0.717, 1.165) is 16.9 Å². The average Bonchev–Trinajstić information content (AvgIpc) is 2.88. The number of carboxylic acid groups (broad SMARTS) is 1. The van der Waals surface area contributed by atoms with Crippen molar-refractivity contribution in [2.45, 2.75) is 6.54 Å². The van der Waals surface area contributed by atoms with Crippen LogP contribution in [0, 0.1) is 0 Å². The lowest BCUT2D eigenvalue weighted by Gasteiger charge is -2.07. The molecule has 0 fully saturated rings. The van der Waals surface area contributed by atoms with Crippen LogP contribution in [0.25, 0.3) is 11.0 Å². The van der Waals surface area contributed by atoms with E-state index in [1.165, 1.54) is 0 Å². The fourth-order valence-corrected chi connectivity index (χ4v) is 2.09. The first-order valence-corrected chi connectivity index (χ1v) is 6.24. The van der Waals surface area contributed by atoms with E-state index in [9.17, 15) is 4.79 Å². The Morgan fingerprint density at radius 3 is 2.70 bits per heavy atom. The highest BCUT2D eigenvalue weighted by Crippen LogP contribution is 2.16. The van der Waals surface area contributed by atoms with Gasteiger partial charge < -0.3 is 15.4 Å². The molecule has 0 aliphatic heterocycles. The summed E-state index contributed by atoms with van der Waals surface area (Å²) >= 11 is 0. The number of rotatable bonds is 4. The van der Waals surface area contributed by atoms with Crippen LogP contribution in [0.2, 0.25) is 0 Å². The van der Waals surface area contributed by atoms with Gasteiger partial charge in [0.05, 0.1) is 23.1 Å². The highest BCUT2D eigenvalue weighted by molar-refractivity contribution is 5.94. The van der Waals surface area contributed by atoms with Crippen molar-refractivity contribution < 1.29 is 9.90 Å². The summed E-state index contributed by atoms with van der Waals surface area (Å²) in [5.74, 6) is -0.177. The van der Waals surface area contributed by atoms with Gasteiger partial charge in [-0.1, -0.05) is 24.3 Å². The quantitative estimate of drug-likeness (QED) is 0.679. The lowest BCUT2D eigenvalue weighted by atomic mass is 10.2. The maximum absolute atomic E-state index is 11.1. The third-order valence-electron chi connectivity index (χ3n) is 3.04. The van der Waals surface area contributed by atoms with Gasteiger partial charge in [-0.25, -0.2) is 9.78 Å². The van der Waals surface area contributed by atoms with Crippen LogP contribution in [-0.2, 0) is 6.54 Å². The molecule has 0 amide bonds. The van der Waals surface area contributed by atoms with Gasteiger partial charge in [-0.2, -0.15) is 0 Å². The van der Waals surface area contributed by atoms with Gasteiger partial charge in [-0.05, 0) is 24.3 Å². The maximum atomic E-state index is 11.1. The molecule has 3 rings (SSSR count). The van der Waals surface area contributed by atoms with Crippen LogP contribution in [0.4, 0.5) is 5.69 Å². The molecular weight excluding hydrogens is 254 g/mol. The predicted octanol–water partition coefficient (Wildman–Crippen LogP) is 2.87. The number of hydrogen-bond acceptors (Lipinski definition) is 3. The van der Waals surface area contributed by atoms with E-state index < -0.39 is 5.97 Å². The molecule has 0 radical (unpaired) electrons. The summed E-state index contributed by atoms with van der Waals surface area (Å²) in [4.78, 5) is 18.7. The third-order valence-corrected chi connectivity index (χ3v) is 3.04. The molecule has 0 spiro atoms. The molecule has 3 N–H and O–H groups in total. The van der Waals surface area contributed by atoms with Crippen molar-refractivity contribution in [2.24, 2.45) is 0 Å². The van der Waals surface area contributed by atoms with Crippen molar-refractivity contribution in [1.29, 1.82) is 0 Å². The minimum atomic E-state index is -0.947. The van der Waals surface area contributed by atoms with Crippen LogP contribution < -0.4 is 5.32 Å². The van der Waals surface area contributed by atoms with E-state index in [1.807, 2.05) is 24.3 Å². The van der Waals surface area contributed by atoms with Gasteiger partial charge >= 0.3 is 5.97 Å². The van der Waals surface area contributed by atoms with E-state index in [1.54, 1.807) is 24.3 Å². The molecule has 0 unspecified atom stereocenters. The van der Waals surface area contributed by atoms with Crippen molar-refractivity contribution >= 4 is 22.7 Å². The number of benzene rings is 2. The SMILES string of the molecule is O=C(O)c1ccccc1NCc1nc2ccccc2[nH]1. The number of fused-ring (bicyclic) bond motifs is 1. The molecule has 20 heavy (non-hydrogen) atoms. The van der Waals surface area contributed by atoms with E-state index >= 15 is 0 Å². The molecule has 2 aromatic carbocycles. The lowest BCUT2D eigenvalue weighted by Crippen LogP contribution is -2.07. The Morgan fingerprint density at radius 1 is 1.15 bits per heavy atom. The van der Waals surface area contributed by atoms with Crippen LogP contribution in [0.15, 0.2) is 48.5 Å².